The van der Waals surface area contributed by atoms with E-state index in [1.54, 1.807) is 34.1 Å². The van der Waals surface area contributed by atoms with Crippen LogP contribution in [0, 0.1) is 0 Å². The molecule has 0 bridgehead atoms. The predicted molar refractivity (Wildman–Crippen MR) is 104 cm³/mol. The summed E-state index contributed by atoms with van der Waals surface area (Å²) in [4.78, 5) is 40.0. The van der Waals surface area contributed by atoms with Crippen molar-refractivity contribution in [1.29, 1.82) is 0 Å². The summed E-state index contributed by atoms with van der Waals surface area (Å²) in [7, 11) is 0. The highest BCUT2D eigenvalue weighted by atomic mass is 16.2. The molecule has 6 heteroatoms. The van der Waals surface area contributed by atoms with Gasteiger partial charge in [0.2, 0.25) is 11.8 Å². The van der Waals surface area contributed by atoms with E-state index in [1.165, 1.54) is 0 Å². The van der Waals surface area contributed by atoms with Gasteiger partial charge < -0.3 is 15.1 Å². The van der Waals surface area contributed by atoms with Crippen LogP contribution < -0.4 is 15.1 Å². The standard InChI is InChI=1S/C21H21N3O3/c25-19-9-3-11-23(19)17-7-1-5-15(13-17)21(27)22-16-6-2-8-18(14-16)24-12-4-10-20(24)26/h1-2,5-8,13-14H,3-4,9-12H2,(H,22,27). The van der Waals surface area contributed by atoms with E-state index in [0.29, 0.717) is 37.2 Å². The Morgan fingerprint density at radius 3 is 2.00 bits per heavy atom. The summed E-state index contributed by atoms with van der Waals surface area (Å²) in [6.07, 6.45) is 2.83. The molecule has 4 rings (SSSR count). The van der Waals surface area contributed by atoms with Gasteiger partial charge in [0.1, 0.15) is 0 Å². The molecule has 1 N–H and O–H groups in total. The van der Waals surface area contributed by atoms with Gasteiger partial charge in [-0.3, -0.25) is 14.4 Å². The topological polar surface area (TPSA) is 69.7 Å². The van der Waals surface area contributed by atoms with Gasteiger partial charge in [-0.2, -0.15) is 0 Å². The molecule has 0 saturated carbocycles. The second kappa shape index (κ2) is 7.23. The van der Waals surface area contributed by atoms with Gasteiger partial charge in [0.05, 0.1) is 0 Å². The van der Waals surface area contributed by atoms with Crippen LogP contribution in [0.1, 0.15) is 36.0 Å². The van der Waals surface area contributed by atoms with Crippen molar-refractivity contribution in [3.63, 3.8) is 0 Å². The lowest BCUT2D eigenvalue weighted by molar-refractivity contribution is -0.117. The minimum absolute atomic E-state index is 0.0931. The van der Waals surface area contributed by atoms with Crippen LogP contribution in [0.3, 0.4) is 0 Å². The van der Waals surface area contributed by atoms with Gasteiger partial charge >= 0.3 is 0 Å². The van der Waals surface area contributed by atoms with Crippen molar-refractivity contribution in [1.82, 2.24) is 0 Å². The van der Waals surface area contributed by atoms with Crippen LogP contribution in [0.15, 0.2) is 48.5 Å². The largest absolute Gasteiger partial charge is 0.322 e. The molecule has 0 unspecified atom stereocenters. The number of amides is 3. The van der Waals surface area contributed by atoms with Crippen LogP contribution in [0.25, 0.3) is 0 Å². The summed E-state index contributed by atoms with van der Waals surface area (Å²) in [6.45, 7) is 1.40. The lowest BCUT2D eigenvalue weighted by atomic mass is 10.1. The molecule has 2 aliphatic heterocycles. The average Bonchev–Trinajstić information content (AvgIpc) is 3.30. The van der Waals surface area contributed by atoms with Crippen molar-refractivity contribution in [2.75, 3.05) is 28.2 Å². The van der Waals surface area contributed by atoms with Crippen molar-refractivity contribution in [3.8, 4) is 0 Å². The highest BCUT2D eigenvalue weighted by Crippen LogP contribution is 2.25. The Bertz CT molecular complexity index is 909. The third-order valence-corrected chi connectivity index (χ3v) is 4.98. The zero-order valence-electron chi connectivity index (χ0n) is 15.0. The van der Waals surface area contributed by atoms with Gasteiger partial charge in [-0.15, -0.1) is 0 Å². The molecule has 2 aliphatic rings. The Hall–Kier alpha value is -3.15. The molecular formula is C21H21N3O3. The van der Waals surface area contributed by atoms with E-state index in [-0.39, 0.29) is 17.7 Å². The molecule has 6 nitrogen and oxygen atoms in total. The summed E-state index contributed by atoms with van der Waals surface area (Å²) in [6, 6.07) is 14.4. The quantitative estimate of drug-likeness (QED) is 0.907. The lowest BCUT2D eigenvalue weighted by Gasteiger charge is -2.18. The van der Waals surface area contributed by atoms with Gasteiger partial charge in [0.25, 0.3) is 5.91 Å². The number of rotatable bonds is 4. The molecule has 2 heterocycles. The van der Waals surface area contributed by atoms with Crippen LogP contribution in [0.4, 0.5) is 17.1 Å². The zero-order chi connectivity index (χ0) is 18.8. The normalized spacial score (nSPS) is 16.9. The molecule has 0 radical (unpaired) electrons. The summed E-state index contributed by atoms with van der Waals surface area (Å²) >= 11 is 0. The van der Waals surface area contributed by atoms with E-state index in [1.807, 2.05) is 24.3 Å². The van der Waals surface area contributed by atoms with E-state index in [9.17, 15) is 14.4 Å². The predicted octanol–water partition coefficient (Wildman–Crippen LogP) is 3.19. The number of anilines is 3. The molecule has 0 aromatic heterocycles. The number of carbonyl (C=O) groups is 3. The second-order valence-corrected chi connectivity index (χ2v) is 6.85. The zero-order valence-corrected chi connectivity index (χ0v) is 15.0. The van der Waals surface area contributed by atoms with Gasteiger partial charge in [0, 0.05) is 48.6 Å². The van der Waals surface area contributed by atoms with E-state index in [2.05, 4.69) is 5.32 Å². The maximum atomic E-state index is 12.7. The van der Waals surface area contributed by atoms with Crippen LogP contribution in [-0.2, 0) is 9.59 Å². The number of benzene rings is 2. The first kappa shape index (κ1) is 17.3. The molecule has 0 aliphatic carbocycles. The Labute approximate surface area is 157 Å². The third kappa shape index (κ3) is 3.56. The third-order valence-electron chi connectivity index (χ3n) is 4.98. The lowest BCUT2D eigenvalue weighted by Crippen LogP contribution is -2.24. The maximum Gasteiger partial charge on any atom is 0.255 e. The van der Waals surface area contributed by atoms with Crippen LogP contribution in [0.5, 0.6) is 0 Å². The Morgan fingerprint density at radius 1 is 0.815 bits per heavy atom. The first-order valence-electron chi connectivity index (χ1n) is 9.24. The van der Waals surface area contributed by atoms with Crippen molar-refractivity contribution < 1.29 is 14.4 Å². The van der Waals surface area contributed by atoms with E-state index in [4.69, 9.17) is 0 Å². The molecule has 3 amide bonds. The van der Waals surface area contributed by atoms with E-state index < -0.39 is 0 Å². The highest BCUT2D eigenvalue weighted by Gasteiger charge is 2.23. The number of hydrogen-bond donors (Lipinski definition) is 1. The molecule has 2 aromatic rings. The van der Waals surface area contributed by atoms with E-state index in [0.717, 1.165) is 24.2 Å². The van der Waals surface area contributed by atoms with Gasteiger partial charge in [0.15, 0.2) is 0 Å². The number of nitrogens with one attached hydrogen (secondary N) is 1. The van der Waals surface area contributed by atoms with Gasteiger partial charge in [-0.05, 0) is 49.2 Å². The summed E-state index contributed by atoms with van der Waals surface area (Å²) < 4.78 is 0. The van der Waals surface area contributed by atoms with Crippen LogP contribution in [0.2, 0.25) is 0 Å². The Kier molecular flexibility index (Phi) is 4.62. The van der Waals surface area contributed by atoms with Crippen LogP contribution in [-0.4, -0.2) is 30.8 Å². The van der Waals surface area contributed by atoms with E-state index >= 15 is 0 Å². The fourth-order valence-electron chi connectivity index (χ4n) is 3.61. The smallest absolute Gasteiger partial charge is 0.255 e. The minimum Gasteiger partial charge on any atom is -0.322 e. The van der Waals surface area contributed by atoms with Crippen molar-refractivity contribution in [2.45, 2.75) is 25.7 Å². The van der Waals surface area contributed by atoms with Crippen molar-refractivity contribution in [3.05, 3.63) is 54.1 Å². The number of hydrogen-bond acceptors (Lipinski definition) is 3. The number of nitrogens with zero attached hydrogens (tertiary/aromatic N) is 2. The van der Waals surface area contributed by atoms with Crippen molar-refractivity contribution >= 4 is 34.8 Å². The fraction of sp³-hybridized carbons (Fsp3) is 0.286. The van der Waals surface area contributed by atoms with Gasteiger partial charge in [-0.1, -0.05) is 12.1 Å². The second-order valence-electron chi connectivity index (χ2n) is 6.85. The molecular weight excluding hydrogens is 342 g/mol. The number of carbonyl (C=O) groups excluding carboxylic acids is 3. The molecule has 0 atom stereocenters. The first-order chi connectivity index (χ1) is 13.1. The molecule has 27 heavy (non-hydrogen) atoms. The van der Waals surface area contributed by atoms with Crippen molar-refractivity contribution in [2.24, 2.45) is 0 Å². The molecule has 2 fully saturated rings. The molecule has 2 saturated heterocycles. The highest BCUT2D eigenvalue weighted by molar-refractivity contribution is 6.06. The SMILES string of the molecule is O=C(Nc1cccc(N2CCCC2=O)c1)c1cccc(N2CCCC2=O)c1. The Balaban J connectivity index is 1.51. The summed E-state index contributed by atoms with van der Waals surface area (Å²) in [5.41, 5.74) is 2.68. The minimum atomic E-state index is -0.242. The monoisotopic (exact) mass is 363 g/mol. The first-order valence-corrected chi connectivity index (χ1v) is 9.24. The maximum absolute atomic E-state index is 12.7. The Morgan fingerprint density at radius 2 is 1.41 bits per heavy atom. The van der Waals surface area contributed by atoms with Crippen LogP contribution >= 0.6 is 0 Å². The molecule has 138 valence electrons. The fourth-order valence-corrected chi connectivity index (χ4v) is 3.61. The van der Waals surface area contributed by atoms with Gasteiger partial charge in [-0.25, -0.2) is 0 Å². The summed E-state index contributed by atoms with van der Waals surface area (Å²) in [5, 5.41) is 2.89. The summed E-state index contributed by atoms with van der Waals surface area (Å²) in [5.74, 6) is -0.0367. The molecule has 0 spiro atoms. The average molecular weight is 363 g/mol. The molecule has 2 aromatic carbocycles.